The number of aryl methyl sites for hydroxylation is 1. The minimum atomic E-state index is 0.102. The molecule has 1 aliphatic rings. The van der Waals surface area contributed by atoms with Crippen molar-refractivity contribution in [3.05, 3.63) is 33.3 Å². The first kappa shape index (κ1) is 8.36. The number of benzene rings is 1. The van der Waals surface area contributed by atoms with Gasteiger partial charge in [-0.05, 0) is 36.1 Å². The van der Waals surface area contributed by atoms with Gasteiger partial charge in [-0.2, -0.15) is 0 Å². The van der Waals surface area contributed by atoms with Crippen LogP contribution < -0.4 is 5.73 Å². The monoisotopic (exact) mass is 201 g/mol. The molecule has 2 N–H and O–H groups in total. The molecule has 0 unspecified atom stereocenters. The molecule has 0 amide bonds. The van der Waals surface area contributed by atoms with E-state index in [0.717, 1.165) is 18.4 Å². The van der Waals surface area contributed by atoms with Crippen molar-refractivity contribution < 1.29 is 0 Å². The highest BCUT2D eigenvalue weighted by Gasteiger charge is 2.21. The van der Waals surface area contributed by atoms with E-state index in [4.69, 9.17) is 28.9 Å². The lowest BCUT2D eigenvalue weighted by Crippen LogP contribution is -2.05. The molecule has 1 atom stereocenters. The van der Waals surface area contributed by atoms with Gasteiger partial charge in [-0.1, -0.05) is 23.2 Å². The van der Waals surface area contributed by atoms with Crippen LogP contribution in [0.3, 0.4) is 0 Å². The molecule has 1 aromatic carbocycles. The molecule has 3 heteroatoms. The molecule has 0 fully saturated rings. The highest BCUT2D eigenvalue weighted by atomic mass is 35.5. The third-order valence-corrected chi connectivity index (χ3v) is 2.81. The van der Waals surface area contributed by atoms with Crippen LogP contribution in [0.4, 0.5) is 0 Å². The van der Waals surface area contributed by atoms with Gasteiger partial charge in [0.1, 0.15) is 0 Å². The van der Waals surface area contributed by atoms with Gasteiger partial charge in [-0.25, -0.2) is 0 Å². The van der Waals surface area contributed by atoms with Crippen LogP contribution in [0.15, 0.2) is 12.1 Å². The maximum atomic E-state index is 6.01. The second-order valence-corrected chi connectivity index (χ2v) is 3.95. The van der Waals surface area contributed by atoms with Gasteiger partial charge in [-0.3, -0.25) is 0 Å². The van der Waals surface area contributed by atoms with Crippen molar-refractivity contribution in [3.8, 4) is 0 Å². The first-order valence-electron chi connectivity index (χ1n) is 3.92. The molecule has 0 heterocycles. The Labute approximate surface area is 81.5 Å². The largest absolute Gasteiger partial charge is 0.324 e. The zero-order valence-electron chi connectivity index (χ0n) is 6.48. The molecular weight excluding hydrogens is 193 g/mol. The van der Waals surface area contributed by atoms with Crippen LogP contribution in [0, 0.1) is 0 Å². The Morgan fingerprint density at radius 2 is 2.08 bits per heavy atom. The van der Waals surface area contributed by atoms with Gasteiger partial charge in [0, 0.05) is 16.1 Å². The number of fused-ring (bicyclic) bond motifs is 1. The van der Waals surface area contributed by atoms with E-state index in [1.54, 1.807) is 6.07 Å². The molecule has 1 nitrogen and oxygen atoms in total. The van der Waals surface area contributed by atoms with Crippen molar-refractivity contribution in [2.24, 2.45) is 5.73 Å². The third kappa shape index (κ3) is 1.22. The Morgan fingerprint density at radius 1 is 1.33 bits per heavy atom. The van der Waals surface area contributed by atoms with E-state index >= 15 is 0 Å². The van der Waals surface area contributed by atoms with Gasteiger partial charge in [0.25, 0.3) is 0 Å². The fraction of sp³-hybridized carbons (Fsp3) is 0.333. The lowest BCUT2D eigenvalue weighted by molar-refractivity contribution is 0.713. The smallest absolute Gasteiger partial charge is 0.0471 e. The van der Waals surface area contributed by atoms with Crippen LogP contribution >= 0.6 is 23.2 Å². The van der Waals surface area contributed by atoms with Gasteiger partial charge >= 0.3 is 0 Å². The van der Waals surface area contributed by atoms with Gasteiger partial charge in [0.05, 0.1) is 0 Å². The first-order chi connectivity index (χ1) is 5.68. The highest BCUT2D eigenvalue weighted by molar-refractivity contribution is 6.35. The standard InChI is InChI=1S/C9H9Cl2N/c10-6-3-5-1-2-8(12)9(5)7(11)4-6/h3-4,8H,1-2,12H2/t8-/m0/s1. The molecule has 0 aromatic heterocycles. The van der Waals surface area contributed by atoms with Gasteiger partial charge in [0.2, 0.25) is 0 Å². The Balaban J connectivity index is 2.60. The summed E-state index contributed by atoms with van der Waals surface area (Å²) in [5, 5.41) is 1.41. The van der Waals surface area contributed by atoms with Crippen LogP contribution in [0.25, 0.3) is 0 Å². The van der Waals surface area contributed by atoms with Crippen LogP contribution in [-0.4, -0.2) is 0 Å². The summed E-state index contributed by atoms with van der Waals surface area (Å²) in [6.45, 7) is 0. The predicted octanol–water partition coefficient (Wildman–Crippen LogP) is 2.94. The minimum absolute atomic E-state index is 0.102. The van der Waals surface area contributed by atoms with E-state index < -0.39 is 0 Å². The van der Waals surface area contributed by atoms with E-state index in [-0.39, 0.29) is 6.04 Å². The van der Waals surface area contributed by atoms with Crippen LogP contribution in [-0.2, 0) is 6.42 Å². The van der Waals surface area contributed by atoms with E-state index in [0.29, 0.717) is 10.0 Å². The number of halogens is 2. The molecule has 0 saturated carbocycles. The number of rotatable bonds is 0. The van der Waals surface area contributed by atoms with Crippen molar-refractivity contribution >= 4 is 23.2 Å². The summed E-state index contributed by atoms with van der Waals surface area (Å²) >= 11 is 11.9. The molecule has 0 radical (unpaired) electrons. The Hall–Kier alpha value is -0.240. The summed E-state index contributed by atoms with van der Waals surface area (Å²) in [4.78, 5) is 0. The number of hydrogen-bond donors (Lipinski definition) is 1. The Bertz CT molecular complexity index is 323. The fourth-order valence-corrected chi connectivity index (χ4v) is 2.39. The molecular formula is C9H9Cl2N. The molecule has 0 saturated heterocycles. The second kappa shape index (κ2) is 2.91. The zero-order chi connectivity index (χ0) is 8.72. The zero-order valence-corrected chi connectivity index (χ0v) is 7.99. The van der Waals surface area contributed by atoms with Gasteiger partial charge in [0.15, 0.2) is 0 Å². The average molecular weight is 202 g/mol. The topological polar surface area (TPSA) is 26.0 Å². The molecule has 1 aromatic rings. The van der Waals surface area contributed by atoms with Crippen molar-refractivity contribution in [2.75, 3.05) is 0 Å². The van der Waals surface area contributed by atoms with Gasteiger partial charge < -0.3 is 5.73 Å². The van der Waals surface area contributed by atoms with Crippen molar-refractivity contribution in [2.45, 2.75) is 18.9 Å². The normalized spacial score (nSPS) is 21.1. The minimum Gasteiger partial charge on any atom is -0.324 e. The molecule has 0 spiro atoms. The maximum absolute atomic E-state index is 6.01. The van der Waals surface area contributed by atoms with E-state index in [1.165, 1.54) is 5.56 Å². The summed E-state index contributed by atoms with van der Waals surface area (Å²) in [6, 6.07) is 3.81. The quantitative estimate of drug-likeness (QED) is 0.687. The van der Waals surface area contributed by atoms with E-state index in [2.05, 4.69) is 0 Å². The first-order valence-corrected chi connectivity index (χ1v) is 4.67. The maximum Gasteiger partial charge on any atom is 0.0471 e. The molecule has 0 aliphatic heterocycles. The van der Waals surface area contributed by atoms with E-state index in [1.807, 2.05) is 6.07 Å². The van der Waals surface area contributed by atoms with Crippen molar-refractivity contribution in [1.82, 2.24) is 0 Å². The molecule has 2 rings (SSSR count). The predicted molar refractivity (Wildman–Crippen MR) is 51.7 cm³/mol. The molecule has 0 bridgehead atoms. The van der Waals surface area contributed by atoms with Crippen molar-refractivity contribution in [3.63, 3.8) is 0 Å². The van der Waals surface area contributed by atoms with Crippen LogP contribution in [0.2, 0.25) is 10.0 Å². The fourth-order valence-electron chi connectivity index (χ4n) is 1.72. The highest BCUT2D eigenvalue weighted by Crippen LogP contribution is 2.36. The molecule has 1 aliphatic carbocycles. The number of nitrogens with two attached hydrogens (primary N) is 1. The average Bonchev–Trinajstić information content (AvgIpc) is 2.31. The Kier molecular flexibility index (Phi) is 2.03. The Morgan fingerprint density at radius 3 is 2.83 bits per heavy atom. The number of hydrogen-bond acceptors (Lipinski definition) is 1. The molecule has 64 valence electrons. The van der Waals surface area contributed by atoms with Gasteiger partial charge in [-0.15, -0.1) is 0 Å². The van der Waals surface area contributed by atoms with E-state index in [9.17, 15) is 0 Å². The molecule has 12 heavy (non-hydrogen) atoms. The summed E-state index contributed by atoms with van der Waals surface area (Å²) in [5.74, 6) is 0. The van der Waals surface area contributed by atoms with Crippen molar-refractivity contribution in [1.29, 1.82) is 0 Å². The summed E-state index contributed by atoms with van der Waals surface area (Å²) < 4.78 is 0. The lowest BCUT2D eigenvalue weighted by atomic mass is 10.1. The lowest BCUT2D eigenvalue weighted by Gasteiger charge is -2.07. The van der Waals surface area contributed by atoms with Crippen LogP contribution in [0.5, 0.6) is 0 Å². The summed E-state index contributed by atoms with van der Waals surface area (Å²) in [5.41, 5.74) is 8.16. The third-order valence-electron chi connectivity index (χ3n) is 2.28. The summed E-state index contributed by atoms with van der Waals surface area (Å²) in [7, 11) is 0. The van der Waals surface area contributed by atoms with Crippen LogP contribution in [0.1, 0.15) is 23.6 Å². The summed E-state index contributed by atoms with van der Waals surface area (Å²) in [6.07, 6.45) is 1.98. The SMILES string of the molecule is N[C@H]1CCc2cc(Cl)cc(Cl)c21. The second-order valence-electron chi connectivity index (χ2n) is 3.11.